The molecular weight excluding hydrogens is 206 g/mol. The number of hydrogen-bond donors (Lipinski definition) is 0. The van der Waals surface area contributed by atoms with Crippen molar-refractivity contribution in [3.63, 3.8) is 0 Å². The van der Waals surface area contributed by atoms with E-state index >= 15 is 0 Å². The van der Waals surface area contributed by atoms with E-state index in [2.05, 4.69) is 16.0 Å². The Kier molecular flexibility index (Phi) is 2.75. The maximum Gasteiger partial charge on any atom is 0.142 e. The normalized spacial score (nSPS) is 9.87. The summed E-state index contributed by atoms with van der Waals surface area (Å²) >= 11 is 1.58. The number of nitriles is 1. The third-order valence-electron chi connectivity index (χ3n) is 2.02. The van der Waals surface area contributed by atoms with Crippen LogP contribution in [0.4, 0.5) is 0 Å². The Hall–Kier alpha value is -1.73. The molecule has 0 aliphatic carbocycles. The van der Waals surface area contributed by atoms with Gasteiger partial charge < -0.3 is 0 Å². The molecule has 0 bridgehead atoms. The van der Waals surface area contributed by atoms with Crippen LogP contribution >= 0.6 is 11.3 Å². The molecule has 15 heavy (non-hydrogen) atoms. The molecule has 0 aliphatic rings. The molecule has 2 rings (SSSR count). The highest BCUT2D eigenvalue weighted by molar-refractivity contribution is 7.15. The number of aromatic nitrogens is 2. The average Bonchev–Trinajstić information content (AvgIpc) is 2.63. The number of pyridine rings is 1. The summed E-state index contributed by atoms with van der Waals surface area (Å²) in [7, 11) is 0. The molecule has 0 saturated heterocycles. The first-order valence-electron chi connectivity index (χ1n) is 4.56. The van der Waals surface area contributed by atoms with Crippen molar-refractivity contribution in [1.82, 2.24) is 9.97 Å². The topological polar surface area (TPSA) is 49.6 Å². The number of hydrogen-bond acceptors (Lipinski definition) is 4. The van der Waals surface area contributed by atoms with Crippen LogP contribution < -0.4 is 0 Å². The zero-order chi connectivity index (χ0) is 10.7. The molecule has 0 aliphatic heterocycles. The standard InChI is InChI=1S/C11H9N3S/c1-8-9(5-6-12)14-11(15-8)10-4-2-3-7-13-10/h2-4,7H,5H2,1H3. The van der Waals surface area contributed by atoms with Crippen LogP contribution in [0.5, 0.6) is 0 Å². The van der Waals surface area contributed by atoms with E-state index in [9.17, 15) is 0 Å². The summed E-state index contributed by atoms with van der Waals surface area (Å²) in [5.74, 6) is 0. The van der Waals surface area contributed by atoms with Crippen molar-refractivity contribution in [2.45, 2.75) is 13.3 Å². The second-order valence-corrected chi connectivity index (χ2v) is 4.27. The van der Waals surface area contributed by atoms with Crippen LogP contribution in [0.25, 0.3) is 10.7 Å². The Balaban J connectivity index is 2.40. The van der Waals surface area contributed by atoms with Gasteiger partial charge in [-0.1, -0.05) is 6.07 Å². The molecule has 2 heterocycles. The highest BCUT2D eigenvalue weighted by Crippen LogP contribution is 2.25. The van der Waals surface area contributed by atoms with Crippen LogP contribution in [0.2, 0.25) is 0 Å². The molecule has 3 nitrogen and oxygen atoms in total. The molecule has 0 N–H and O–H groups in total. The van der Waals surface area contributed by atoms with E-state index in [0.29, 0.717) is 6.42 Å². The van der Waals surface area contributed by atoms with E-state index in [4.69, 9.17) is 5.26 Å². The largest absolute Gasteiger partial charge is 0.254 e. The van der Waals surface area contributed by atoms with Crippen LogP contribution in [-0.2, 0) is 6.42 Å². The molecule has 0 saturated carbocycles. The van der Waals surface area contributed by atoms with E-state index < -0.39 is 0 Å². The highest BCUT2D eigenvalue weighted by atomic mass is 32.1. The summed E-state index contributed by atoms with van der Waals surface area (Å²) in [6, 6.07) is 7.85. The molecule has 4 heteroatoms. The minimum atomic E-state index is 0.370. The number of nitrogens with zero attached hydrogens (tertiary/aromatic N) is 3. The lowest BCUT2D eigenvalue weighted by Gasteiger charge is -1.91. The van der Waals surface area contributed by atoms with Gasteiger partial charge in [-0.2, -0.15) is 5.26 Å². The molecule has 0 unspecified atom stereocenters. The third kappa shape index (κ3) is 2.03. The van der Waals surface area contributed by atoms with Crippen molar-refractivity contribution in [2.75, 3.05) is 0 Å². The van der Waals surface area contributed by atoms with E-state index in [1.807, 2.05) is 25.1 Å². The minimum Gasteiger partial charge on any atom is -0.254 e. The molecule has 2 aromatic heterocycles. The maximum absolute atomic E-state index is 8.62. The average molecular weight is 215 g/mol. The van der Waals surface area contributed by atoms with E-state index in [-0.39, 0.29) is 0 Å². The van der Waals surface area contributed by atoms with Crippen molar-refractivity contribution in [3.05, 3.63) is 35.0 Å². The van der Waals surface area contributed by atoms with E-state index in [1.54, 1.807) is 17.5 Å². The molecule has 0 spiro atoms. The zero-order valence-corrected chi connectivity index (χ0v) is 9.08. The monoisotopic (exact) mass is 215 g/mol. The van der Waals surface area contributed by atoms with Gasteiger partial charge in [0.2, 0.25) is 0 Å². The molecule has 0 fully saturated rings. The lowest BCUT2D eigenvalue weighted by Crippen LogP contribution is -1.85. The highest BCUT2D eigenvalue weighted by Gasteiger charge is 2.09. The van der Waals surface area contributed by atoms with Gasteiger partial charge in [0.25, 0.3) is 0 Å². The maximum atomic E-state index is 8.62. The van der Waals surface area contributed by atoms with Crippen molar-refractivity contribution in [2.24, 2.45) is 0 Å². The lowest BCUT2D eigenvalue weighted by molar-refractivity contribution is 1.13. The lowest BCUT2D eigenvalue weighted by atomic mass is 10.3. The molecule has 0 radical (unpaired) electrons. The van der Waals surface area contributed by atoms with Gasteiger partial charge in [0.05, 0.1) is 23.9 Å². The second-order valence-electron chi connectivity index (χ2n) is 3.07. The number of rotatable bonds is 2. The first kappa shape index (κ1) is 9.81. The fourth-order valence-electron chi connectivity index (χ4n) is 1.27. The molecule has 0 amide bonds. The van der Waals surface area contributed by atoms with Crippen LogP contribution in [0.15, 0.2) is 24.4 Å². The molecule has 0 atom stereocenters. The minimum absolute atomic E-state index is 0.370. The van der Waals surface area contributed by atoms with Crippen LogP contribution in [-0.4, -0.2) is 9.97 Å². The third-order valence-corrected chi connectivity index (χ3v) is 3.06. The predicted octanol–water partition coefficient (Wildman–Crippen LogP) is 2.58. The summed E-state index contributed by atoms with van der Waals surface area (Å²) in [5, 5.41) is 9.51. The Morgan fingerprint density at radius 2 is 2.33 bits per heavy atom. The first-order chi connectivity index (χ1) is 7.31. The second kappa shape index (κ2) is 4.20. The van der Waals surface area contributed by atoms with Gasteiger partial charge in [0, 0.05) is 11.1 Å². The number of aryl methyl sites for hydroxylation is 1. The van der Waals surface area contributed by atoms with Crippen LogP contribution in [0.3, 0.4) is 0 Å². The van der Waals surface area contributed by atoms with Gasteiger partial charge in [-0.15, -0.1) is 11.3 Å². The van der Waals surface area contributed by atoms with Crippen molar-refractivity contribution in [1.29, 1.82) is 5.26 Å². The number of thiazole rings is 1. The molecular formula is C11H9N3S. The summed E-state index contributed by atoms with van der Waals surface area (Å²) in [4.78, 5) is 9.73. The van der Waals surface area contributed by atoms with Gasteiger partial charge in [-0.05, 0) is 19.1 Å². The fourth-order valence-corrected chi connectivity index (χ4v) is 2.17. The smallest absolute Gasteiger partial charge is 0.142 e. The van der Waals surface area contributed by atoms with Crippen LogP contribution in [0.1, 0.15) is 10.6 Å². The van der Waals surface area contributed by atoms with E-state index in [1.165, 1.54) is 0 Å². The summed E-state index contributed by atoms with van der Waals surface area (Å²) in [6.45, 7) is 1.98. The quantitative estimate of drug-likeness (QED) is 0.773. The molecule has 2 aromatic rings. The Morgan fingerprint density at radius 3 is 3.00 bits per heavy atom. The fraction of sp³-hybridized carbons (Fsp3) is 0.182. The molecule has 74 valence electrons. The van der Waals surface area contributed by atoms with Crippen LogP contribution in [0, 0.1) is 18.3 Å². The predicted molar refractivity (Wildman–Crippen MR) is 59.4 cm³/mol. The summed E-state index contributed by atoms with van der Waals surface area (Å²) in [5.41, 5.74) is 1.73. The Morgan fingerprint density at radius 1 is 1.47 bits per heavy atom. The zero-order valence-electron chi connectivity index (χ0n) is 8.27. The van der Waals surface area contributed by atoms with Crippen molar-refractivity contribution in [3.8, 4) is 16.8 Å². The summed E-state index contributed by atoms with van der Waals surface area (Å²) in [6.07, 6.45) is 2.12. The van der Waals surface area contributed by atoms with E-state index in [0.717, 1.165) is 21.3 Å². The molecule has 0 aromatic carbocycles. The summed E-state index contributed by atoms with van der Waals surface area (Å²) < 4.78 is 0. The first-order valence-corrected chi connectivity index (χ1v) is 5.37. The van der Waals surface area contributed by atoms with Gasteiger partial charge >= 0.3 is 0 Å². The Labute approximate surface area is 92.1 Å². The van der Waals surface area contributed by atoms with Gasteiger partial charge in [-0.3, -0.25) is 4.98 Å². The SMILES string of the molecule is Cc1sc(-c2ccccn2)nc1CC#N. The van der Waals surface area contributed by atoms with Crippen molar-refractivity contribution >= 4 is 11.3 Å². The van der Waals surface area contributed by atoms with Gasteiger partial charge in [0.1, 0.15) is 5.01 Å². The Bertz CT molecular complexity index is 496. The van der Waals surface area contributed by atoms with Gasteiger partial charge in [-0.25, -0.2) is 4.98 Å². The van der Waals surface area contributed by atoms with Gasteiger partial charge in [0.15, 0.2) is 0 Å². The van der Waals surface area contributed by atoms with Crippen molar-refractivity contribution < 1.29 is 0 Å².